The molecule has 0 amide bonds. The molecule has 0 radical (unpaired) electrons. The van der Waals surface area contributed by atoms with Gasteiger partial charge in [-0.3, -0.25) is 4.79 Å². The maximum atomic E-state index is 11.0. The summed E-state index contributed by atoms with van der Waals surface area (Å²) >= 11 is 0. The number of hydrogen-bond donors (Lipinski definition) is 0. The fourth-order valence-electron chi connectivity index (χ4n) is 1.84. The third-order valence-corrected chi connectivity index (χ3v) is 3.08. The summed E-state index contributed by atoms with van der Waals surface area (Å²) in [5, 5.41) is 0. The number of aldehydes is 1. The Bertz CT molecular complexity index is 402. The van der Waals surface area contributed by atoms with E-state index in [2.05, 4.69) is 6.58 Å². The molecule has 86 valence electrons. The van der Waals surface area contributed by atoms with Crippen molar-refractivity contribution < 1.29 is 9.53 Å². The topological polar surface area (TPSA) is 26.3 Å². The van der Waals surface area contributed by atoms with Crippen LogP contribution in [0, 0.1) is 27.7 Å². The first-order chi connectivity index (χ1) is 7.54. The second-order valence-electron chi connectivity index (χ2n) is 3.96. The van der Waals surface area contributed by atoms with Crippen LogP contribution in [0.1, 0.15) is 32.6 Å². The second-order valence-corrected chi connectivity index (χ2v) is 3.96. The normalized spacial score (nSPS) is 10.0. The van der Waals surface area contributed by atoms with Gasteiger partial charge in [-0.2, -0.15) is 0 Å². The summed E-state index contributed by atoms with van der Waals surface area (Å²) < 4.78 is 5.64. The Balaban J connectivity index is 3.40. The molecule has 1 aromatic carbocycles. The summed E-state index contributed by atoms with van der Waals surface area (Å²) in [5.74, 6) is 0.875. The zero-order valence-electron chi connectivity index (χ0n) is 10.4. The van der Waals surface area contributed by atoms with E-state index >= 15 is 0 Å². The molecule has 0 aliphatic heterocycles. The van der Waals surface area contributed by atoms with Crippen LogP contribution in [-0.2, 0) is 0 Å². The van der Waals surface area contributed by atoms with Gasteiger partial charge in [-0.15, -0.1) is 0 Å². The fourth-order valence-corrected chi connectivity index (χ4v) is 1.84. The average Bonchev–Trinajstić information content (AvgIpc) is 2.27. The minimum Gasteiger partial charge on any atom is -0.489 e. The summed E-state index contributed by atoms with van der Waals surface area (Å²) in [4.78, 5) is 11.0. The standard InChI is InChI=1S/C14H18O2/c1-6-7-16-14-11(4)9(2)13(8-15)10(3)12(14)5/h6,8H,1,7H2,2-5H3. The molecular weight excluding hydrogens is 200 g/mol. The molecule has 0 atom stereocenters. The first-order valence-corrected chi connectivity index (χ1v) is 5.33. The Hall–Kier alpha value is -1.57. The summed E-state index contributed by atoms with van der Waals surface area (Å²) in [6, 6.07) is 0. The van der Waals surface area contributed by atoms with Crippen molar-refractivity contribution in [2.45, 2.75) is 27.7 Å². The second kappa shape index (κ2) is 4.97. The Morgan fingerprint density at radius 1 is 1.06 bits per heavy atom. The smallest absolute Gasteiger partial charge is 0.150 e. The highest BCUT2D eigenvalue weighted by Crippen LogP contribution is 2.31. The molecule has 0 spiro atoms. The van der Waals surface area contributed by atoms with Crippen LogP contribution in [-0.4, -0.2) is 12.9 Å². The van der Waals surface area contributed by atoms with Crippen LogP contribution >= 0.6 is 0 Å². The van der Waals surface area contributed by atoms with E-state index in [1.165, 1.54) is 0 Å². The van der Waals surface area contributed by atoms with Crippen LogP contribution in [0.25, 0.3) is 0 Å². The highest BCUT2D eigenvalue weighted by molar-refractivity contribution is 5.82. The van der Waals surface area contributed by atoms with Crippen LogP contribution in [0.15, 0.2) is 12.7 Å². The average molecular weight is 218 g/mol. The van der Waals surface area contributed by atoms with E-state index in [0.717, 1.165) is 39.9 Å². The number of benzene rings is 1. The SMILES string of the molecule is C=CCOc1c(C)c(C)c(C=O)c(C)c1C. The number of carbonyl (C=O) groups is 1. The maximum Gasteiger partial charge on any atom is 0.150 e. The largest absolute Gasteiger partial charge is 0.489 e. The first kappa shape index (κ1) is 12.5. The van der Waals surface area contributed by atoms with Gasteiger partial charge in [-0.1, -0.05) is 12.7 Å². The summed E-state index contributed by atoms with van der Waals surface area (Å²) in [5.41, 5.74) is 4.84. The molecule has 1 rings (SSSR count). The monoisotopic (exact) mass is 218 g/mol. The van der Waals surface area contributed by atoms with E-state index in [1.807, 2.05) is 27.7 Å². The molecule has 0 N–H and O–H groups in total. The highest BCUT2D eigenvalue weighted by atomic mass is 16.5. The Labute approximate surface area is 96.9 Å². The minimum atomic E-state index is 0.487. The van der Waals surface area contributed by atoms with Crippen molar-refractivity contribution >= 4 is 6.29 Å². The molecule has 1 aromatic rings. The van der Waals surface area contributed by atoms with Crippen LogP contribution in [0.2, 0.25) is 0 Å². The van der Waals surface area contributed by atoms with Crippen molar-refractivity contribution in [1.82, 2.24) is 0 Å². The van der Waals surface area contributed by atoms with Gasteiger partial charge in [0, 0.05) is 5.56 Å². The lowest BCUT2D eigenvalue weighted by Crippen LogP contribution is -2.04. The van der Waals surface area contributed by atoms with Gasteiger partial charge in [0.2, 0.25) is 0 Å². The van der Waals surface area contributed by atoms with Crippen molar-refractivity contribution in [2.75, 3.05) is 6.61 Å². The van der Waals surface area contributed by atoms with Crippen LogP contribution < -0.4 is 4.74 Å². The van der Waals surface area contributed by atoms with Gasteiger partial charge in [-0.05, 0) is 49.9 Å². The van der Waals surface area contributed by atoms with Gasteiger partial charge in [0.15, 0.2) is 6.29 Å². The molecule has 0 bridgehead atoms. The van der Waals surface area contributed by atoms with E-state index in [-0.39, 0.29) is 0 Å². The van der Waals surface area contributed by atoms with Crippen molar-refractivity contribution in [2.24, 2.45) is 0 Å². The quantitative estimate of drug-likeness (QED) is 0.572. The molecule has 0 unspecified atom stereocenters. The van der Waals surface area contributed by atoms with Gasteiger partial charge in [0.25, 0.3) is 0 Å². The van der Waals surface area contributed by atoms with Gasteiger partial charge in [0.05, 0.1) is 0 Å². The van der Waals surface area contributed by atoms with E-state index in [4.69, 9.17) is 4.74 Å². The van der Waals surface area contributed by atoms with Gasteiger partial charge >= 0.3 is 0 Å². The zero-order chi connectivity index (χ0) is 12.3. The Morgan fingerprint density at radius 2 is 1.56 bits per heavy atom. The minimum absolute atomic E-state index is 0.487. The first-order valence-electron chi connectivity index (χ1n) is 5.33. The van der Waals surface area contributed by atoms with Crippen molar-refractivity contribution in [3.05, 3.63) is 40.5 Å². The van der Waals surface area contributed by atoms with Crippen molar-refractivity contribution in [3.63, 3.8) is 0 Å². The lowest BCUT2D eigenvalue weighted by molar-refractivity contribution is 0.112. The predicted octanol–water partition coefficient (Wildman–Crippen LogP) is 3.30. The third-order valence-electron chi connectivity index (χ3n) is 3.08. The summed E-state index contributed by atoms with van der Waals surface area (Å²) in [7, 11) is 0. The van der Waals surface area contributed by atoms with E-state index in [1.54, 1.807) is 6.08 Å². The summed E-state index contributed by atoms with van der Waals surface area (Å²) in [6.45, 7) is 12.0. The fraction of sp³-hybridized carbons (Fsp3) is 0.357. The predicted molar refractivity (Wildman–Crippen MR) is 66.5 cm³/mol. The van der Waals surface area contributed by atoms with Crippen molar-refractivity contribution in [3.8, 4) is 5.75 Å². The number of carbonyl (C=O) groups excluding carboxylic acids is 1. The number of ether oxygens (including phenoxy) is 1. The summed E-state index contributed by atoms with van der Waals surface area (Å²) in [6.07, 6.45) is 2.64. The maximum absolute atomic E-state index is 11.0. The molecule has 0 saturated carbocycles. The molecule has 0 heterocycles. The highest BCUT2D eigenvalue weighted by Gasteiger charge is 2.14. The van der Waals surface area contributed by atoms with Gasteiger partial charge < -0.3 is 4.74 Å². The van der Waals surface area contributed by atoms with Gasteiger partial charge in [0.1, 0.15) is 12.4 Å². The number of rotatable bonds is 4. The molecular formula is C14H18O2. The molecule has 0 fully saturated rings. The van der Waals surface area contributed by atoms with Crippen LogP contribution in [0.5, 0.6) is 5.75 Å². The van der Waals surface area contributed by atoms with E-state index < -0.39 is 0 Å². The third kappa shape index (κ3) is 2.01. The molecule has 2 nitrogen and oxygen atoms in total. The van der Waals surface area contributed by atoms with E-state index in [0.29, 0.717) is 6.61 Å². The Kier molecular flexibility index (Phi) is 3.88. The molecule has 16 heavy (non-hydrogen) atoms. The molecule has 0 aliphatic carbocycles. The molecule has 0 saturated heterocycles. The van der Waals surface area contributed by atoms with Crippen molar-refractivity contribution in [1.29, 1.82) is 0 Å². The molecule has 0 aliphatic rings. The molecule has 0 aromatic heterocycles. The van der Waals surface area contributed by atoms with Gasteiger partial charge in [-0.25, -0.2) is 0 Å². The Morgan fingerprint density at radius 3 is 1.94 bits per heavy atom. The van der Waals surface area contributed by atoms with Crippen LogP contribution in [0.4, 0.5) is 0 Å². The van der Waals surface area contributed by atoms with Crippen LogP contribution in [0.3, 0.4) is 0 Å². The lowest BCUT2D eigenvalue weighted by atomic mass is 9.94. The number of hydrogen-bond acceptors (Lipinski definition) is 2. The van der Waals surface area contributed by atoms with E-state index in [9.17, 15) is 4.79 Å². The molecule has 2 heteroatoms. The lowest BCUT2D eigenvalue weighted by Gasteiger charge is -2.17. The zero-order valence-corrected chi connectivity index (χ0v) is 10.4.